The molecule has 1 aromatic rings. The van der Waals surface area contributed by atoms with Crippen molar-refractivity contribution >= 4 is 0 Å². The highest BCUT2D eigenvalue weighted by Gasteiger charge is 2.73. The van der Waals surface area contributed by atoms with Crippen molar-refractivity contribution < 1.29 is 35.5 Å². The van der Waals surface area contributed by atoms with Crippen molar-refractivity contribution in [3.8, 4) is 11.8 Å². The Morgan fingerprint density at radius 2 is 1.50 bits per heavy atom. The number of hydrogen-bond acceptors (Lipinski definition) is 2. The fraction of sp³-hybridized carbons (Fsp3) is 0.364. The Morgan fingerprint density at radius 1 is 1.00 bits per heavy atom. The van der Waals surface area contributed by atoms with Crippen LogP contribution in [0.1, 0.15) is 11.1 Å². The predicted molar refractivity (Wildman–Crippen MR) is 52.6 cm³/mol. The Morgan fingerprint density at radius 3 is 1.85 bits per heavy atom. The number of halogens is 7. The lowest BCUT2D eigenvalue weighted by molar-refractivity contribution is -0.348. The van der Waals surface area contributed by atoms with E-state index in [0.717, 1.165) is 7.11 Å². The number of nitriles is 1. The molecule has 20 heavy (non-hydrogen) atoms. The molecule has 0 saturated heterocycles. The average molecular weight is 301 g/mol. The van der Waals surface area contributed by atoms with Gasteiger partial charge in [0.25, 0.3) is 0 Å². The smallest absolute Gasteiger partial charge is 0.435 e. The standard InChI is InChI=1S/C11H6F7NO/c1-20-8-4-7(3-2-6(8)5-19)9(12,10(13,14)15)11(16,17)18/h2-4H,1H3. The van der Waals surface area contributed by atoms with Gasteiger partial charge in [-0.15, -0.1) is 0 Å². The van der Waals surface area contributed by atoms with Crippen molar-refractivity contribution in [3.05, 3.63) is 29.3 Å². The summed E-state index contributed by atoms with van der Waals surface area (Å²) in [5, 5.41) is 8.59. The molecule has 0 N–H and O–H groups in total. The summed E-state index contributed by atoms with van der Waals surface area (Å²) in [6.45, 7) is 0. The number of nitrogens with zero attached hydrogens (tertiary/aromatic N) is 1. The van der Waals surface area contributed by atoms with Crippen LogP contribution >= 0.6 is 0 Å². The lowest BCUT2D eigenvalue weighted by Gasteiger charge is -2.30. The first kappa shape index (κ1) is 16.1. The first-order valence-corrected chi connectivity index (χ1v) is 4.90. The number of ether oxygens (including phenoxy) is 1. The Hall–Kier alpha value is -1.98. The monoisotopic (exact) mass is 301 g/mol. The highest BCUT2D eigenvalue weighted by Crippen LogP contribution is 2.53. The van der Waals surface area contributed by atoms with E-state index in [2.05, 4.69) is 4.74 Å². The van der Waals surface area contributed by atoms with Gasteiger partial charge in [-0.05, 0) is 12.1 Å². The third-order valence-corrected chi connectivity index (χ3v) is 2.50. The Balaban J connectivity index is 3.57. The molecule has 9 heteroatoms. The maximum Gasteiger partial charge on any atom is 0.435 e. The van der Waals surface area contributed by atoms with Crippen LogP contribution in [-0.4, -0.2) is 19.5 Å². The second-order valence-corrected chi connectivity index (χ2v) is 3.68. The molecule has 0 atom stereocenters. The summed E-state index contributed by atoms with van der Waals surface area (Å²) in [4.78, 5) is 0. The van der Waals surface area contributed by atoms with Crippen LogP contribution in [0.15, 0.2) is 18.2 Å². The second-order valence-electron chi connectivity index (χ2n) is 3.68. The highest BCUT2D eigenvalue weighted by molar-refractivity contribution is 5.47. The number of methoxy groups -OCH3 is 1. The molecule has 1 rings (SSSR count). The second kappa shape index (κ2) is 4.85. The van der Waals surface area contributed by atoms with Gasteiger partial charge in [0.2, 0.25) is 0 Å². The van der Waals surface area contributed by atoms with Gasteiger partial charge in [0.15, 0.2) is 0 Å². The highest BCUT2D eigenvalue weighted by atomic mass is 19.4. The zero-order valence-electron chi connectivity index (χ0n) is 9.73. The molecule has 0 radical (unpaired) electrons. The molecule has 0 fully saturated rings. The van der Waals surface area contributed by atoms with Gasteiger partial charge in [-0.1, -0.05) is 6.07 Å². The molecule has 0 aliphatic heterocycles. The van der Waals surface area contributed by atoms with Gasteiger partial charge in [-0.3, -0.25) is 0 Å². The van der Waals surface area contributed by atoms with Crippen LogP contribution in [0.4, 0.5) is 30.7 Å². The Bertz CT molecular complexity index is 527. The van der Waals surface area contributed by atoms with Crippen molar-refractivity contribution in [2.75, 3.05) is 7.11 Å². The van der Waals surface area contributed by atoms with E-state index < -0.39 is 29.3 Å². The van der Waals surface area contributed by atoms with Crippen LogP contribution in [0.3, 0.4) is 0 Å². The molecule has 0 aromatic heterocycles. The van der Waals surface area contributed by atoms with Crippen molar-refractivity contribution in [1.29, 1.82) is 5.26 Å². The van der Waals surface area contributed by atoms with E-state index in [1.807, 2.05) is 0 Å². The number of benzene rings is 1. The molecule has 1 aromatic carbocycles. The van der Waals surface area contributed by atoms with E-state index in [4.69, 9.17) is 5.26 Å². The van der Waals surface area contributed by atoms with E-state index >= 15 is 0 Å². The van der Waals surface area contributed by atoms with Gasteiger partial charge >= 0.3 is 18.0 Å². The van der Waals surface area contributed by atoms with Gasteiger partial charge in [-0.2, -0.15) is 31.6 Å². The summed E-state index contributed by atoms with van der Waals surface area (Å²) in [7, 11) is 0.932. The molecule has 0 aliphatic carbocycles. The van der Waals surface area contributed by atoms with Crippen LogP contribution in [0.5, 0.6) is 5.75 Å². The van der Waals surface area contributed by atoms with Crippen LogP contribution in [-0.2, 0) is 5.67 Å². The van der Waals surface area contributed by atoms with Crippen LogP contribution in [0, 0.1) is 11.3 Å². The molecule has 0 aliphatic rings. The third kappa shape index (κ3) is 2.37. The van der Waals surface area contributed by atoms with E-state index in [1.54, 1.807) is 0 Å². The topological polar surface area (TPSA) is 33.0 Å². The summed E-state index contributed by atoms with van der Waals surface area (Å²) >= 11 is 0. The van der Waals surface area contributed by atoms with Gasteiger partial charge in [0.05, 0.1) is 12.7 Å². The van der Waals surface area contributed by atoms with E-state index in [1.165, 1.54) is 6.07 Å². The lowest BCUT2D eigenvalue weighted by Crippen LogP contribution is -2.50. The largest absolute Gasteiger partial charge is 0.495 e. The minimum atomic E-state index is -6.20. The molecular formula is C11H6F7NO. The lowest BCUT2D eigenvalue weighted by atomic mass is 9.93. The van der Waals surface area contributed by atoms with Crippen LogP contribution in [0.2, 0.25) is 0 Å². The summed E-state index contributed by atoms with van der Waals surface area (Å²) in [6.07, 6.45) is -12.4. The molecule has 0 amide bonds. The Labute approximate surface area is 108 Å². The third-order valence-electron chi connectivity index (χ3n) is 2.50. The van der Waals surface area contributed by atoms with Gasteiger partial charge in [-0.25, -0.2) is 4.39 Å². The maximum absolute atomic E-state index is 13.7. The van der Waals surface area contributed by atoms with Crippen molar-refractivity contribution in [1.82, 2.24) is 0 Å². The van der Waals surface area contributed by atoms with Gasteiger partial charge in [0, 0.05) is 5.56 Å². The van der Waals surface area contributed by atoms with Crippen molar-refractivity contribution in [2.24, 2.45) is 0 Å². The molecule has 0 bridgehead atoms. The number of alkyl halides is 7. The molecule has 0 spiro atoms. The zero-order valence-corrected chi connectivity index (χ0v) is 9.73. The molecule has 2 nitrogen and oxygen atoms in total. The summed E-state index contributed by atoms with van der Waals surface area (Å²) in [5.41, 5.74) is -7.56. The van der Waals surface area contributed by atoms with Gasteiger partial charge < -0.3 is 4.74 Å². The minimum Gasteiger partial charge on any atom is -0.495 e. The SMILES string of the molecule is COc1cc(C(F)(C(F)(F)F)C(F)(F)F)ccc1C#N. The number of rotatable bonds is 2. The molecule has 0 unspecified atom stereocenters. The normalized spacial score (nSPS) is 12.9. The van der Waals surface area contributed by atoms with E-state index in [-0.39, 0.29) is 17.7 Å². The fourth-order valence-corrected chi connectivity index (χ4v) is 1.49. The first-order chi connectivity index (χ1) is 8.99. The average Bonchev–Trinajstić information content (AvgIpc) is 2.34. The predicted octanol–water partition coefficient (Wildman–Crippen LogP) is 3.86. The molecule has 0 heterocycles. The summed E-state index contributed by atoms with van der Waals surface area (Å²) < 4.78 is 93.2. The van der Waals surface area contributed by atoms with Crippen LogP contribution in [0.25, 0.3) is 0 Å². The molecule has 110 valence electrons. The van der Waals surface area contributed by atoms with Crippen LogP contribution < -0.4 is 4.74 Å². The quantitative estimate of drug-likeness (QED) is 0.777. The van der Waals surface area contributed by atoms with E-state index in [0.29, 0.717) is 6.07 Å². The summed E-state index contributed by atoms with van der Waals surface area (Å²) in [6, 6.07) is 2.58. The molecule has 0 saturated carbocycles. The molecular weight excluding hydrogens is 295 g/mol. The Kier molecular flexibility index (Phi) is 3.90. The first-order valence-electron chi connectivity index (χ1n) is 4.90. The maximum atomic E-state index is 13.7. The van der Waals surface area contributed by atoms with Gasteiger partial charge in [0.1, 0.15) is 11.8 Å². The summed E-state index contributed by atoms with van der Waals surface area (Å²) in [5.74, 6) is -0.583. The van der Waals surface area contributed by atoms with E-state index in [9.17, 15) is 30.7 Å². The number of hydrogen-bond donors (Lipinski definition) is 0. The van der Waals surface area contributed by atoms with Crippen molar-refractivity contribution in [3.63, 3.8) is 0 Å². The fourth-order valence-electron chi connectivity index (χ4n) is 1.49. The minimum absolute atomic E-state index is 0.208. The zero-order chi connectivity index (χ0) is 15.8. The van der Waals surface area contributed by atoms with Crippen molar-refractivity contribution in [2.45, 2.75) is 18.0 Å².